The number of aromatic nitrogens is 1. The first-order valence-electron chi connectivity index (χ1n) is 8.60. The molecule has 10 heteroatoms. The number of hydrogen-bond donors (Lipinski definition) is 2. The van der Waals surface area contributed by atoms with E-state index in [1.165, 1.54) is 11.3 Å². The molecule has 1 aromatic carbocycles. The first-order chi connectivity index (χ1) is 13.5. The zero-order valence-corrected chi connectivity index (χ0v) is 16.5. The van der Waals surface area contributed by atoms with E-state index >= 15 is 0 Å². The molecule has 0 atom stereocenters. The minimum Gasteiger partial charge on any atom is -0.451 e. The largest absolute Gasteiger partial charge is 0.451 e. The molecule has 146 valence electrons. The first-order valence-corrected chi connectivity index (χ1v) is 9.86. The van der Waals surface area contributed by atoms with Crippen molar-refractivity contribution >= 4 is 50.9 Å². The van der Waals surface area contributed by atoms with E-state index in [0.29, 0.717) is 29.4 Å². The lowest BCUT2D eigenvalue weighted by atomic mass is 10.1. The fourth-order valence-corrected chi connectivity index (χ4v) is 3.94. The average molecular weight is 421 g/mol. The number of carbonyl (C=O) groups is 2. The van der Waals surface area contributed by atoms with Gasteiger partial charge in [-0.25, -0.2) is 4.98 Å². The van der Waals surface area contributed by atoms with Crippen LogP contribution in [0, 0.1) is 6.92 Å². The molecule has 0 unspecified atom stereocenters. The number of ether oxygens (including phenoxy) is 1. The Balaban J connectivity index is 1.41. The molecule has 0 radical (unpaired) electrons. The van der Waals surface area contributed by atoms with E-state index in [0.717, 1.165) is 23.6 Å². The number of halogens is 1. The molecule has 4 rings (SSSR count). The van der Waals surface area contributed by atoms with Gasteiger partial charge in [0.1, 0.15) is 11.3 Å². The van der Waals surface area contributed by atoms with Crippen LogP contribution in [0.1, 0.15) is 26.6 Å². The highest BCUT2D eigenvalue weighted by atomic mass is 35.5. The van der Waals surface area contributed by atoms with Crippen LogP contribution < -0.4 is 15.8 Å². The van der Waals surface area contributed by atoms with Gasteiger partial charge in [-0.15, -0.1) is 11.3 Å². The van der Waals surface area contributed by atoms with Crippen molar-refractivity contribution in [1.29, 1.82) is 0 Å². The summed E-state index contributed by atoms with van der Waals surface area (Å²) < 4.78 is 10.9. The van der Waals surface area contributed by atoms with Crippen LogP contribution in [0.3, 0.4) is 0 Å². The summed E-state index contributed by atoms with van der Waals surface area (Å²) in [6.07, 6.45) is 0. The van der Waals surface area contributed by atoms with Gasteiger partial charge in [0.2, 0.25) is 0 Å². The minimum absolute atomic E-state index is 0.116. The molecule has 2 N–H and O–H groups in total. The van der Waals surface area contributed by atoms with E-state index in [4.69, 9.17) is 20.8 Å². The van der Waals surface area contributed by atoms with Gasteiger partial charge in [0.05, 0.1) is 13.2 Å². The van der Waals surface area contributed by atoms with E-state index in [1.807, 2.05) is 0 Å². The Hall–Kier alpha value is -2.62. The first kappa shape index (κ1) is 18.7. The van der Waals surface area contributed by atoms with Gasteiger partial charge >= 0.3 is 5.91 Å². The van der Waals surface area contributed by atoms with Crippen LogP contribution in [-0.2, 0) is 4.74 Å². The average Bonchev–Trinajstić information content (AvgIpc) is 3.32. The zero-order valence-electron chi connectivity index (χ0n) is 15.0. The maximum atomic E-state index is 12.4. The minimum atomic E-state index is -0.554. The molecule has 1 aliphatic rings. The molecular weight excluding hydrogens is 404 g/mol. The topological polar surface area (TPSA) is 96.7 Å². The standard InChI is InChI=1S/C18H17ClN4O4S/c1-10-12-8-11(19)2-3-14(12)27-15(10)17(25)22-21-16(24)13-9-28-18(20-13)23-4-6-26-7-5-23/h2-3,8-9H,4-7H2,1H3,(H,21,24)(H,22,25). The quantitative estimate of drug-likeness (QED) is 0.632. The van der Waals surface area contributed by atoms with Crippen molar-refractivity contribution in [3.8, 4) is 0 Å². The highest BCUT2D eigenvalue weighted by Crippen LogP contribution is 2.27. The van der Waals surface area contributed by atoms with Crippen LogP contribution in [0.2, 0.25) is 5.02 Å². The van der Waals surface area contributed by atoms with Crippen LogP contribution in [0.4, 0.5) is 5.13 Å². The van der Waals surface area contributed by atoms with Gasteiger partial charge in [-0.1, -0.05) is 11.6 Å². The maximum absolute atomic E-state index is 12.4. The van der Waals surface area contributed by atoms with Crippen LogP contribution >= 0.6 is 22.9 Å². The number of hydrazine groups is 1. The number of carbonyl (C=O) groups excluding carboxylic acids is 2. The number of thiazole rings is 1. The Bertz CT molecular complexity index is 1040. The monoisotopic (exact) mass is 420 g/mol. The van der Waals surface area contributed by atoms with Gasteiger partial charge in [-0.2, -0.15) is 0 Å². The lowest BCUT2D eigenvalue weighted by molar-refractivity contribution is 0.0829. The molecule has 2 amide bonds. The van der Waals surface area contributed by atoms with Crippen LogP contribution in [-0.4, -0.2) is 43.1 Å². The third kappa shape index (κ3) is 3.68. The highest BCUT2D eigenvalue weighted by molar-refractivity contribution is 7.13. The van der Waals surface area contributed by atoms with Crippen LogP contribution in [0.5, 0.6) is 0 Å². The summed E-state index contributed by atoms with van der Waals surface area (Å²) in [4.78, 5) is 31.1. The van der Waals surface area contributed by atoms with Gasteiger partial charge in [0, 0.05) is 34.4 Å². The number of amides is 2. The van der Waals surface area contributed by atoms with Crippen molar-refractivity contribution in [3.63, 3.8) is 0 Å². The Kier molecular flexibility index (Phi) is 5.21. The number of furan rings is 1. The van der Waals surface area contributed by atoms with Crippen molar-refractivity contribution < 1.29 is 18.7 Å². The smallest absolute Gasteiger partial charge is 0.305 e. The number of fused-ring (bicyclic) bond motifs is 1. The van der Waals surface area contributed by atoms with Gasteiger partial charge in [0.25, 0.3) is 5.91 Å². The fraction of sp³-hybridized carbons (Fsp3) is 0.278. The number of anilines is 1. The number of aryl methyl sites for hydroxylation is 1. The zero-order chi connectivity index (χ0) is 19.7. The Morgan fingerprint density at radius 1 is 1.21 bits per heavy atom. The third-order valence-corrected chi connectivity index (χ3v) is 5.54. The molecule has 1 aliphatic heterocycles. The summed E-state index contributed by atoms with van der Waals surface area (Å²) in [5.74, 6) is -0.937. The van der Waals surface area contributed by atoms with Crippen molar-refractivity contribution in [2.45, 2.75) is 6.92 Å². The molecule has 0 saturated carbocycles. The van der Waals surface area contributed by atoms with Crippen molar-refractivity contribution in [3.05, 3.63) is 45.6 Å². The van der Waals surface area contributed by atoms with E-state index in [-0.39, 0.29) is 11.5 Å². The van der Waals surface area contributed by atoms with Crippen molar-refractivity contribution in [2.24, 2.45) is 0 Å². The van der Waals surface area contributed by atoms with Gasteiger partial charge in [0.15, 0.2) is 10.9 Å². The summed E-state index contributed by atoms with van der Waals surface area (Å²) in [7, 11) is 0. The molecule has 2 aromatic heterocycles. The second-order valence-electron chi connectivity index (χ2n) is 6.22. The van der Waals surface area contributed by atoms with Gasteiger partial charge < -0.3 is 14.1 Å². The maximum Gasteiger partial charge on any atom is 0.305 e. The SMILES string of the molecule is Cc1c(C(=O)NNC(=O)c2csc(N3CCOCC3)n2)oc2ccc(Cl)cc12. The number of morpholine rings is 1. The number of rotatable bonds is 3. The third-order valence-electron chi connectivity index (χ3n) is 4.40. The summed E-state index contributed by atoms with van der Waals surface area (Å²) in [6, 6.07) is 5.11. The molecular formula is C18H17ClN4O4S. The second-order valence-corrected chi connectivity index (χ2v) is 7.49. The summed E-state index contributed by atoms with van der Waals surface area (Å²) >= 11 is 7.37. The van der Waals surface area contributed by atoms with Crippen molar-refractivity contribution in [1.82, 2.24) is 15.8 Å². The predicted molar refractivity (Wildman–Crippen MR) is 106 cm³/mol. The Labute approximate surface area is 169 Å². The molecule has 28 heavy (non-hydrogen) atoms. The van der Waals surface area contributed by atoms with Crippen molar-refractivity contribution in [2.75, 3.05) is 31.2 Å². The van der Waals surface area contributed by atoms with Gasteiger partial charge in [-0.3, -0.25) is 20.4 Å². The van der Waals surface area contributed by atoms with Crippen LogP contribution in [0.15, 0.2) is 28.0 Å². The molecule has 0 spiro atoms. The molecule has 8 nitrogen and oxygen atoms in total. The number of nitrogens with one attached hydrogen (secondary N) is 2. The Morgan fingerprint density at radius 2 is 1.96 bits per heavy atom. The van der Waals surface area contributed by atoms with E-state index in [9.17, 15) is 9.59 Å². The number of hydrogen-bond acceptors (Lipinski definition) is 7. The van der Waals surface area contributed by atoms with Crippen LogP contribution in [0.25, 0.3) is 11.0 Å². The summed E-state index contributed by atoms with van der Waals surface area (Å²) in [5.41, 5.74) is 6.17. The summed E-state index contributed by atoms with van der Waals surface area (Å²) in [5, 5.41) is 3.71. The molecule has 0 aliphatic carbocycles. The predicted octanol–water partition coefficient (Wildman–Crippen LogP) is 2.76. The molecule has 1 saturated heterocycles. The second kappa shape index (κ2) is 7.78. The lowest BCUT2D eigenvalue weighted by Gasteiger charge is -2.25. The Morgan fingerprint density at radius 3 is 2.75 bits per heavy atom. The molecule has 1 fully saturated rings. The normalized spacial score (nSPS) is 14.3. The fourth-order valence-electron chi connectivity index (χ4n) is 2.91. The molecule has 3 aromatic rings. The number of nitrogens with zero attached hydrogens (tertiary/aromatic N) is 2. The van der Waals surface area contributed by atoms with E-state index in [1.54, 1.807) is 30.5 Å². The molecule has 3 heterocycles. The van der Waals surface area contributed by atoms with Gasteiger partial charge in [-0.05, 0) is 25.1 Å². The lowest BCUT2D eigenvalue weighted by Crippen LogP contribution is -2.42. The molecule has 0 bridgehead atoms. The van der Waals surface area contributed by atoms with E-state index in [2.05, 4.69) is 20.7 Å². The highest BCUT2D eigenvalue weighted by Gasteiger charge is 2.20. The summed E-state index contributed by atoms with van der Waals surface area (Å²) in [6.45, 7) is 4.51. The number of benzene rings is 1. The van der Waals surface area contributed by atoms with E-state index < -0.39 is 11.8 Å².